The summed E-state index contributed by atoms with van der Waals surface area (Å²) in [5, 5.41) is 6.81. The first-order chi connectivity index (χ1) is 8.95. The number of amides is 1. The first-order valence-corrected chi connectivity index (χ1v) is 6.09. The molecule has 0 aliphatic heterocycles. The topological polar surface area (TPSA) is 46.9 Å². The van der Waals surface area contributed by atoms with Gasteiger partial charge in [0.05, 0.1) is 10.7 Å². The van der Waals surface area contributed by atoms with Gasteiger partial charge in [-0.25, -0.2) is 4.39 Å². The third kappa shape index (κ3) is 3.32. The Labute approximate surface area is 115 Å². The summed E-state index contributed by atoms with van der Waals surface area (Å²) in [7, 11) is 0. The normalized spacial score (nSPS) is 10.5. The Balaban J connectivity index is 2.05. The minimum absolute atomic E-state index is 0.0242. The smallest absolute Gasteiger partial charge is 0.246 e. The fourth-order valence-corrected chi connectivity index (χ4v) is 1.93. The molecule has 1 aromatic heterocycles. The Bertz CT molecular complexity index is 624. The summed E-state index contributed by atoms with van der Waals surface area (Å²) in [4.78, 5) is 11.8. The molecule has 0 saturated heterocycles. The largest absolute Gasteiger partial charge is 0.324 e. The Morgan fingerprint density at radius 2 is 2.16 bits per heavy atom. The standard InChI is InChI=1S/C13H13ClFN3O/c1-8-5-9(2)18(17-8)7-13(19)16-10-3-4-12(15)11(14)6-10/h3-6H,7H2,1-2H3,(H,16,19). The van der Waals surface area contributed by atoms with Gasteiger partial charge >= 0.3 is 0 Å². The number of halogens is 2. The number of benzene rings is 1. The Hall–Kier alpha value is -1.88. The minimum Gasteiger partial charge on any atom is -0.324 e. The lowest BCUT2D eigenvalue weighted by molar-refractivity contribution is -0.116. The number of hydrogen-bond acceptors (Lipinski definition) is 2. The molecule has 100 valence electrons. The van der Waals surface area contributed by atoms with Gasteiger partial charge in [0.1, 0.15) is 12.4 Å². The van der Waals surface area contributed by atoms with E-state index in [1.807, 2.05) is 19.9 Å². The van der Waals surface area contributed by atoms with Crippen molar-refractivity contribution >= 4 is 23.2 Å². The lowest BCUT2D eigenvalue weighted by Gasteiger charge is -2.07. The summed E-state index contributed by atoms with van der Waals surface area (Å²) in [6.45, 7) is 3.85. The van der Waals surface area contributed by atoms with Gasteiger partial charge in [-0.1, -0.05) is 11.6 Å². The number of aromatic nitrogens is 2. The second kappa shape index (κ2) is 5.40. The summed E-state index contributed by atoms with van der Waals surface area (Å²) >= 11 is 5.64. The molecular formula is C13H13ClFN3O. The van der Waals surface area contributed by atoms with E-state index in [4.69, 9.17) is 11.6 Å². The summed E-state index contributed by atoms with van der Waals surface area (Å²) in [6, 6.07) is 5.93. The maximum Gasteiger partial charge on any atom is 0.246 e. The van der Waals surface area contributed by atoms with E-state index in [-0.39, 0.29) is 17.5 Å². The highest BCUT2D eigenvalue weighted by Crippen LogP contribution is 2.19. The molecule has 19 heavy (non-hydrogen) atoms. The third-order valence-electron chi connectivity index (χ3n) is 2.60. The number of carbonyl (C=O) groups excluding carboxylic acids is 1. The van der Waals surface area contributed by atoms with E-state index in [0.717, 1.165) is 11.4 Å². The van der Waals surface area contributed by atoms with Gasteiger partial charge in [-0.05, 0) is 38.1 Å². The predicted octanol–water partition coefficient (Wildman–Crippen LogP) is 2.93. The fourth-order valence-electron chi connectivity index (χ4n) is 1.75. The first kappa shape index (κ1) is 13.5. The van der Waals surface area contributed by atoms with Crippen molar-refractivity contribution in [3.63, 3.8) is 0 Å². The summed E-state index contributed by atoms with van der Waals surface area (Å²) in [6.07, 6.45) is 0. The average molecular weight is 282 g/mol. The predicted molar refractivity (Wildman–Crippen MR) is 71.7 cm³/mol. The minimum atomic E-state index is -0.516. The van der Waals surface area contributed by atoms with Crippen molar-refractivity contribution in [2.75, 3.05) is 5.32 Å². The van der Waals surface area contributed by atoms with Crippen LogP contribution in [-0.4, -0.2) is 15.7 Å². The number of nitrogens with one attached hydrogen (secondary N) is 1. The van der Waals surface area contributed by atoms with Crippen molar-refractivity contribution in [2.24, 2.45) is 0 Å². The van der Waals surface area contributed by atoms with Crippen molar-refractivity contribution in [3.05, 3.63) is 46.5 Å². The molecule has 0 radical (unpaired) electrons. The van der Waals surface area contributed by atoms with Gasteiger partial charge < -0.3 is 5.32 Å². The Morgan fingerprint density at radius 3 is 2.74 bits per heavy atom. The molecule has 6 heteroatoms. The number of hydrogen-bond donors (Lipinski definition) is 1. The highest BCUT2D eigenvalue weighted by molar-refractivity contribution is 6.31. The van der Waals surface area contributed by atoms with Crippen LogP contribution in [0.3, 0.4) is 0 Å². The van der Waals surface area contributed by atoms with Crippen LogP contribution in [0.1, 0.15) is 11.4 Å². The monoisotopic (exact) mass is 281 g/mol. The average Bonchev–Trinajstić information content (AvgIpc) is 2.62. The molecule has 2 rings (SSSR count). The van der Waals surface area contributed by atoms with Gasteiger partial charge in [0.15, 0.2) is 0 Å². The molecular weight excluding hydrogens is 269 g/mol. The molecule has 1 aromatic carbocycles. The van der Waals surface area contributed by atoms with Gasteiger partial charge in [0.2, 0.25) is 5.91 Å². The van der Waals surface area contributed by atoms with Crippen molar-refractivity contribution in [2.45, 2.75) is 20.4 Å². The highest BCUT2D eigenvalue weighted by Gasteiger charge is 2.08. The zero-order chi connectivity index (χ0) is 14.0. The van der Waals surface area contributed by atoms with E-state index in [2.05, 4.69) is 10.4 Å². The number of aryl methyl sites for hydroxylation is 2. The molecule has 1 heterocycles. The number of anilines is 1. The zero-order valence-corrected chi connectivity index (χ0v) is 11.3. The number of carbonyl (C=O) groups is 1. The summed E-state index contributed by atoms with van der Waals surface area (Å²) in [5.41, 5.74) is 2.22. The van der Waals surface area contributed by atoms with E-state index >= 15 is 0 Å². The molecule has 0 saturated carbocycles. The van der Waals surface area contributed by atoms with Gasteiger partial charge in [-0.2, -0.15) is 5.10 Å². The van der Waals surface area contributed by atoms with Crippen LogP contribution in [0.5, 0.6) is 0 Å². The molecule has 1 amide bonds. The molecule has 0 aliphatic carbocycles. The number of nitrogens with zero attached hydrogens (tertiary/aromatic N) is 2. The van der Waals surface area contributed by atoms with E-state index in [1.54, 1.807) is 4.68 Å². The van der Waals surface area contributed by atoms with Crippen LogP contribution in [0, 0.1) is 19.7 Å². The first-order valence-electron chi connectivity index (χ1n) is 5.71. The van der Waals surface area contributed by atoms with Gasteiger partial charge in [0, 0.05) is 11.4 Å². The quantitative estimate of drug-likeness (QED) is 0.940. The molecule has 0 aliphatic rings. The van der Waals surface area contributed by atoms with Gasteiger partial charge in [-0.3, -0.25) is 9.48 Å². The molecule has 2 aromatic rings. The summed E-state index contributed by atoms with van der Waals surface area (Å²) < 4.78 is 14.6. The number of rotatable bonds is 3. The second-order valence-electron chi connectivity index (χ2n) is 4.26. The van der Waals surface area contributed by atoms with E-state index in [0.29, 0.717) is 5.69 Å². The van der Waals surface area contributed by atoms with Crippen LogP contribution >= 0.6 is 11.6 Å². The van der Waals surface area contributed by atoms with Crippen LogP contribution in [0.25, 0.3) is 0 Å². The van der Waals surface area contributed by atoms with Crippen LogP contribution in [0.2, 0.25) is 5.02 Å². The van der Waals surface area contributed by atoms with Crippen molar-refractivity contribution < 1.29 is 9.18 Å². The van der Waals surface area contributed by atoms with Crippen LogP contribution in [0.15, 0.2) is 24.3 Å². The fraction of sp³-hybridized carbons (Fsp3) is 0.231. The lowest BCUT2D eigenvalue weighted by Crippen LogP contribution is -2.20. The van der Waals surface area contributed by atoms with Crippen molar-refractivity contribution in [3.8, 4) is 0 Å². The maximum absolute atomic E-state index is 13.0. The SMILES string of the molecule is Cc1cc(C)n(CC(=O)Nc2ccc(F)c(Cl)c2)n1. The van der Waals surface area contributed by atoms with E-state index < -0.39 is 5.82 Å². The Morgan fingerprint density at radius 1 is 1.42 bits per heavy atom. The van der Waals surface area contributed by atoms with E-state index in [1.165, 1.54) is 18.2 Å². The van der Waals surface area contributed by atoms with Crippen LogP contribution < -0.4 is 5.32 Å². The van der Waals surface area contributed by atoms with Crippen molar-refractivity contribution in [1.82, 2.24) is 9.78 Å². The second-order valence-corrected chi connectivity index (χ2v) is 4.67. The zero-order valence-electron chi connectivity index (χ0n) is 10.6. The molecule has 1 N–H and O–H groups in total. The van der Waals surface area contributed by atoms with Gasteiger partial charge in [-0.15, -0.1) is 0 Å². The van der Waals surface area contributed by atoms with E-state index in [9.17, 15) is 9.18 Å². The third-order valence-corrected chi connectivity index (χ3v) is 2.89. The highest BCUT2D eigenvalue weighted by atomic mass is 35.5. The van der Waals surface area contributed by atoms with Crippen LogP contribution in [0.4, 0.5) is 10.1 Å². The van der Waals surface area contributed by atoms with Gasteiger partial charge in [0.25, 0.3) is 0 Å². The molecule has 0 unspecified atom stereocenters. The molecule has 0 spiro atoms. The lowest BCUT2D eigenvalue weighted by atomic mass is 10.3. The maximum atomic E-state index is 13.0. The molecule has 0 fully saturated rings. The molecule has 0 bridgehead atoms. The van der Waals surface area contributed by atoms with Crippen LogP contribution in [-0.2, 0) is 11.3 Å². The molecule has 4 nitrogen and oxygen atoms in total. The van der Waals surface area contributed by atoms with Crippen molar-refractivity contribution in [1.29, 1.82) is 0 Å². The summed E-state index contributed by atoms with van der Waals surface area (Å²) in [5.74, 6) is -0.757. The Kier molecular flexibility index (Phi) is 3.85. The molecule has 0 atom stereocenters.